The van der Waals surface area contributed by atoms with Crippen molar-refractivity contribution in [2.24, 2.45) is 0 Å². The number of carboxylic acids is 1. The number of aromatic carboxylic acids is 1. The number of nitrogens with one attached hydrogen (secondary N) is 1. The average Bonchev–Trinajstić information content (AvgIpc) is 3.27. The van der Waals surface area contributed by atoms with Crippen molar-refractivity contribution in [1.82, 2.24) is 0 Å². The summed E-state index contributed by atoms with van der Waals surface area (Å²) in [6.45, 7) is 3.76. The standard InChI is InChI=1S/C25H22N2O6/c1-15-3-9-20(11-16(15)2)27(24(29)18-6-10-21-22(12-18)33-14-32-21)13-23(28)26-19-7-4-17(5-8-19)25(30)31/h3-12H,13-14H2,1-2H3,(H,26,28)(H,30,31). The number of aryl methyl sites for hydroxylation is 2. The van der Waals surface area contributed by atoms with E-state index < -0.39 is 11.9 Å². The highest BCUT2D eigenvalue weighted by molar-refractivity contribution is 6.10. The van der Waals surface area contributed by atoms with E-state index in [2.05, 4.69) is 5.32 Å². The Morgan fingerprint density at radius 3 is 2.27 bits per heavy atom. The number of benzene rings is 3. The first-order valence-electron chi connectivity index (χ1n) is 10.2. The smallest absolute Gasteiger partial charge is 0.335 e. The van der Waals surface area contributed by atoms with Crippen molar-refractivity contribution in [3.8, 4) is 11.5 Å². The summed E-state index contributed by atoms with van der Waals surface area (Å²) in [5.74, 6) is -0.808. The van der Waals surface area contributed by atoms with Crippen LogP contribution in [0.15, 0.2) is 60.7 Å². The second kappa shape index (κ2) is 9.04. The van der Waals surface area contributed by atoms with Crippen molar-refractivity contribution in [2.45, 2.75) is 13.8 Å². The Morgan fingerprint density at radius 2 is 1.58 bits per heavy atom. The van der Waals surface area contributed by atoms with E-state index in [1.165, 1.54) is 29.2 Å². The Bertz CT molecular complexity index is 1240. The molecule has 0 atom stereocenters. The monoisotopic (exact) mass is 446 g/mol. The fourth-order valence-electron chi connectivity index (χ4n) is 3.40. The number of ether oxygens (including phenoxy) is 2. The molecule has 8 nitrogen and oxygen atoms in total. The lowest BCUT2D eigenvalue weighted by Crippen LogP contribution is -2.38. The van der Waals surface area contributed by atoms with Gasteiger partial charge < -0.3 is 19.9 Å². The summed E-state index contributed by atoms with van der Waals surface area (Å²) >= 11 is 0. The van der Waals surface area contributed by atoms with E-state index in [1.807, 2.05) is 26.0 Å². The molecule has 1 aliphatic heterocycles. The highest BCUT2D eigenvalue weighted by atomic mass is 16.7. The molecule has 2 N–H and O–H groups in total. The molecule has 33 heavy (non-hydrogen) atoms. The van der Waals surface area contributed by atoms with E-state index in [9.17, 15) is 14.4 Å². The van der Waals surface area contributed by atoms with Crippen LogP contribution in [0, 0.1) is 13.8 Å². The van der Waals surface area contributed by atoms with Crippen LogP contribution in [-0.2, 0) is 4.79 Å². The van der Waals surface area contributed by atoms with Gasteiger partial charge in [-0.25, -0.2) is 4.79 Å². The highest BCUT2D eigenvalue weighted by Gasteiger charge is 2.24. The van der Waals surface area contributed by atoms with Crippen LogP contribution in [0.2, 0.25) is 0 Å². The molecule has 0 spiro atoms. The Labute approximate surface area is 190 Å². The Balaban J connectivity index is 1.59. The summed E-state index contributed by atoms with van der Waals surface area (Å²) in [5.41, 5.74) is 3.54. The van der Waals surface area contributed by atoms with Crippen molar-refractivity contribution >= 4 is 29.2 Å². The molecule has 3 aromatic rings. The molecule has 0 aliphatic carbocycles. The molecule has 0 radical (unpaired) electrons. The first-order valence-corrected chi connectivity index (χ1v) is 10.2. The minimum atomic E-state index is -1.05. The van der Waals surface area contributed by atoms with Gasteiger partial charge in [0.2, 0.25) is 12.7 Å². The maximum atomic E-state index is 13.4. The Hall–Kier alpha value is -4.33. The maximum absolute atomic E-state index is 13.4. The molecule has 0 saturated heterocycles. The predicted octanol–water partition coefficient (Wildman–Crippen LogP) is 4.02. The molecular formula is C25H22N2O6. The normalized spacial score (nSPS) is 11.7. The van der Waals surface area contributed by atoms with Gasteiger partial charge in [0, 0.05) is 16.9 Å². The topological polar surface area (TPSA) is 105 Å². The van der Waals surface area contributed by atoms with E-state index in [0.29, 0.717) is 28.4 Å². The largest absolute Gasteiger partial charge is 0.478 e. The zero-order valence-corrected chi connectivity index (χ0v) is 18.1. The number of carbonyl (C=O) groups is 3. The lowest BCUT2D eigenvalue weighted by molar-refractivity contribution is -0.114. The zero-order chi connectivity index (χ0) is 23.5. The fourth-order valence-corrected chi connectivity index (χ4v) is 3.40. The van der Waals surface area contributed by atoms with E-state index in [4.69, 9.17) is 14.6 Å². The third-order valence-electron chi connectivity index (χ3n) is 5.38. The van der Waals surface area contributed by atoms with Gasteiger partial charge in [-0.05, 0) is 79.6 Å². The minimum absolute atomic E-state index is 0.0942. The second-order valence-electron chi connectivity index (χ2n) is 7.66. The molecule has 1 aliphatic rings. The van der Waals surface area contributed by atoms with E-state index in [-0.39, 0.29) is 24.8 Å². The molecule has 2 amide bonds. The van der Waals surface area contributed by atoms with Crippen LogP contribution in [0.4, 0.5) is 11.4 Å². The van der Waals surface area contributed by atoms with Crippen molar-refractivity contribution < 1.29 is 29.0 Å². The summed E-state index contributed by atoms with van der Waals surface area (Å²) in [5, 5.41) is 11.7. The minimum Gasteiger partial charge on any atom is -0.478 e. The number of anilines is 2. The summed E-state index contributed by atoms with van der Waals surface area (Å²) in [4.78, 5) is 38.7. The molecule has 0 unspecified atom stereocenters. The number of carboxylic acid groups (broad SMARTS) is 1. The molecule has 1 heterocycles. The molecule has 0 aromatic heterocycles. The Morgan fingerprint density at radius 1 is 0.879 bits per heavy atom. The van der Waals surface area contributed by atoms with Crippen molar-refractivity contribution in [3.63, 3.8) is 0 Å². The summed E-state index contributed by atoms with van der Waals surface area (Å²) in [6, 6.07) is 16.2. The number of amides is 2. The number of hydrogen-bond donors (Lipinski definition) is 2. The molecule has 3 aromatic carbocycles. The van der Waals surface area contributed by atoms with Crippen molar-refractivity contribution in [1.29, 1.82) is 0 Å². The third-order valence-corrected chi connectivity index (χ3v) is 5.38. The molecule has 0 bridgehead atoms. The first-order chi connectivity index (χ1) is 15.8. The number of fused-ring (bicyclic) bond motifs is 1. The van der Waals surface area contributed by atoms with E-state index >= 15 is 0 Å². The average molecular weight is 446 g/mol. The summed E-state index contributed by atoms with van der Waals surface area (Å²) < 4.78 is 10.7. The van der Waals surface area contributed by atoms with E-state index in [0.717, 1.165) is 11.1 Å². The second-order valence-corrected chi connectivity index (χ2v) is 7.66. The van der Waals surface area contributed by atoms with Crippen LogP contribution < -0.4 is 19.7 Å². The van der Waals surface area contributed by atoms with Crippen LogP contribution in [-0.4, -0.2) is 36.2 Å². The first kappa shape index (κ1) is 21.9. The molecule has 0 fully saturated rings. The highest BCUT2D eigenvalue weighted by Crippen LogP contribution is 2.33. The SMILES string of the molecule is Cc1ccc(N(CC(=O)Nc2ccc(C(=O)O)cc2)C(=O)c2ccc3c(c2)OCO3)cc1C. The van der Waals surface area contributed by atoms with Gasteiger partial charge >= 0.3 is 5.97 Å². The van der Waals surface area contributed by atoms with Crippen molar-refractivity contribution in [2.75, 3.05) is 23.6 Å². The van der Waals surface area contributed by atoms with Crippen LogP contribution in [0.25, 0.3) is 0 Å². The van der Waals surface area contributed by atoms with Crippen LogP contribution in [0.3, 0.4) is 0 Å². The number of nitrogens with zero attached hydrogens (tertiary/aromatic N) is 1. The fraction of sp³-hybridized carbons (Fsp3) is 0.160. The van der Waals surface area contributed by atoms with Gasteiger partial charge in [0.05, 0.1) is 5.56 Å². The summed E-state index contributed by atoms with van der Waals surface area (Å²) in [6.07, 6.45) is 0. The van der Waals surface area contributed by atoms with E-state index in [1.54, 1.807) is 24.3 Å². The number of rotatable bonds is 6. The lowest BCUT2D eigenvalue weighted by Gasteiger charge is -2.23. The van der Waals surface area contributed by atoms with Gasteiger partial charge in [0.25, 0.3) is 5.91 Å². The summed E-state index contributed by atoms with van der Waals surface area (Å²) in [7, 11) is 0. The van der Waals surface area contributed by atoms with Gasteiger partial charge in [-0.1, -0.05) is 6.07 Å². The third kappa shape index (κ3) is 4.79. The van der Waals surface area contributed by atoms with Crippen molar-refractivity contribution in [3.05, 3.63) is 82.9 Å². The van der Waals surface area contributed by atoms with Gasteiger partial charge in [-0.2, -0.15) is 0 Å². The Kier molecular flexibility index (Phi) is 5.99. The molecule has 8 heteroatoms. The molecule has 4 rings (SSSR count). The molecular weight excluding hydrogens is 424 g/mol. The maximum Gasteiger partial charge on any atom is 0.335 e. The van der Waals surface area contributed by atoms with Crippen LogP contribution in [0.1, 0.15) is 31.8 Å². The van der Waals surface area contributed by atoms with Crippen LogP contribution >= 0.6 is 0 Å². The van der Waals surface area contributed by atoms with Crippen LogP contribution in [0.5, 0.6) is 11.5 Å². The molecule has 0 saturated carbocycles. The quantitative estimate of drug-likeness (QED) is 0.593. The van der Waals surface area contributed by atoms with Gasteiger partial charge in [0.1, 0.15) is 6.54 Å². The predicted molar refractivity (Wildman–Crippen MR) is 122 cm³/mol. The van der Waals surface area contributed by atoms with Gasteiger partial charge in [-0.3, -0.25) is 14.5 Å². The molecule has 168 valence electrons. The lowest BCUT2D eigenvalue weighted by atomic mass is 10.1. The zero-order valence-electron chi connectivity index (χ0n) is 18.1. The van der Waals surface area contributed by atoms with Gasteiger partial charge in [0.15, 0.2) is 11.5 Å². The van der Waals surface area contributed by atoms with Gasteiger partial charge in [-0.15, -0.1) is 0 Å². The number of carbonyl (C=O) groups excluding carboxylic acids is 2. The number of hydrogen-bond acceptors (Lipinski definition) is 5.